The summed E-state index contributed by atoms with van der Waals surface area (Å²) in [6.45, 7) is 6.16. The molecule has 2 amide bonds. The highest BCUT2D eigenvalue weighted by atomic mass is 32.2. The number of phenols is 1. The van der Waals surface area contributed by atoms with Crippen LogP contribution in [0, 0.1) is 5.92 Å². The van der Waals surface area contributed by atoms with Gasteiger partial charge in [-0.15, -0.1) is 0 Å². The lowest BCUT2D eigenvalue weighted by molar-refractivity contribution is -0.125. The van der Waals surface area contributed by atoms with Gasteiger partial charge in [0.05, 0.1) is 11.6 Å². The number of anilines is 1. The fourth-order valence-corrected chi connectivity index (χ4v) is 4.55. The van der Waals surface area contributed by atoms with Crippen molar-refractivity contribution in [2.24, 2.45) is 5.92 Å². The Bertz CT molecular complexity index is 928. The summed E-state index contributed by atoms with van der Waals surface area (Å²) >= 11 is 6.40. The number of hydrogen-bond acceptors (Lipinski definition) is 5. The Morgan fingerprint density at radius 1 is 1.17 bits per heavy atom. The van der Waals surface area contributed by atoms with E-state index in [1.165, 1.54) is 16.5 Å². The Hall–Kier alpha value is -2.38. The Labute approximate surface area is 180 Å². The zero-order valence-electron chi connectivity index (χ0n) is 16.6. The maximum atomic E-state index is 12.8. The SMILES string of the molecule is CC(C)Cc1ccc(C(C)C(=O)NC2SC(=S)N(c3ccccc3O)C2=O)cc1. The molecule has 2 N–H and O–H groups in total. The minimum atomic E-state index is -0.808. The van der Waals surface area contributed by atoms with Crippen molar-refractivity contribution in [1.29, 1.82) is 0 Å². The number of nitrogens with one attached hydrogen (secondary N) is 1. The number of carbonyl (C=O) groups is 2. The second-order valence-corrected chi connectivity index (χ2v) is 9.23. The molecule has 7 heteroatoms. The van der Waals surface area contributed by atoms with Gasteiger partial charge in [0.2, 0.25) is 5.91 Å². The van der Waals surface area contributed by atoms with Crippen LogP contribution >= 0.6 is 24.0 Å². The van der Waals surface area contributed by atoms with Gasteiger partial charge in [0.15, 0.2) is 5.37 Å². The number of benzene rings is 2. The van der Waals surface area contributed by atoms with Crippen LogP contribution < -0.4 is 10.2 Å². The average molecular weight is 429 g/mol. The number of hydrogen-bond donors (Lipinski definition) is 2. The van der Waals surface area contributed by atoms with E-state index in [1.807, 2.05) is 31.2 Å². The molecule has 0 spiro atoms. The molecule has 1 aliphatic heterocycles. The molecule has 1 fully saturated rings. The van der Waals surface area contributed by atoms with Gasteiger partial charge in [0.1, 0.15) is 10.1 Å². The molecular weight excluding hydrogens is 404 g/mol. The number of thiocarbonyl (C=S) groups is 1. The van der Waals surface area contributed by atoms with Gasteiger partial charge >= 0.3 is 0 Å². The van der Waals surface area contributed by atoms with Gasteiger partial charge < -0.3 is 10.4 Å². The Morgan fingerprint density at radius 2 is 1.83 bits per heavy atom. The summed E-state index contributed by atoms with van der Waals surface area (Å²) in [5, 5.41) is 12.0. The minimum Gasteiger partial charge on any atom is -0.506 e. The number of rotatable bonds is 6. The van der Waals surface area contributed by atoms with Crippen LogP contribution in [0.5, 0.6) is 5.75 Å². The predicted molar refractivity (Wildman–Crippen MR) is 121 cm³/mol. The fourth-order valence-electron chi connectivity index (χ4n) is 3.19. The number of phenolic OH excluding ortho intramolecular Hbond substituents is 1. The van der Waals surface area contributed by atoms with Gasteiger partial charge in [0.25, 0.3) is 5.91 Å². The molecule has 152 valence electrons. The number of thioether (sulfide) groups is 1. The maximum absolute atomic E-state index is 12.8. The van der Waals surface area contributed by atoms with Crippen LogP contribution in [0.1, 0.15) is 37.8 Å². The van der Waals surface area contributed by atoms with Crippen LogP contribution in [-0.4, -0.2) is 26.6 Å². The second-order valence-electron chi connectivity index (χ2n) is 7.50. The van der Waals surface area contributed by atoms with Crippen LogP contribution in [0.25, 0.3) is 0 Å². The highest BCUT2D eigenvalue weighted by Crippen LogP contribution is 2.36. The molecule has 0 saturated carbocycles. The van der Waals surface area contributed by atoms with Gasteiger partial charge in [-0.2, -0.15) is 0 Å². The number of carbonyl (C=O) groups excluding carboxylic acids is 2. The molecule has 0 aromatic heterocycles. The van der Waals surface area contributed by atoms with E-state index < -0.39 is 11.3 Å². The summed E-state index contributed by atoms with van der Waals surface area (Å²) in [5.74, 6) is -0.471. The molecule has 29 heavy (non-hydrogen) atoms. The lowest BCUT2D eigenvalue weighted by Gasteiger charge is -2.18. The van der Waals surface area contributed by atoms with Crippen LogP contribution in [0.4, 0.5) is 5.69 Å². The van der Waals surface area contributed by atoms with Crippen molar-refractivity contribution in [2.45, 2.75) is 38.5 Å². The zero-order valence-corrected chi connectivity index (χ0v) is 18.2. The molecule has 0 radical (unpaired) electrons. The number of para-hydroxylation sites is 2. The molecule has 2 aromatic carbocycles. The zero-order chi connectivity index (χ0) is 21.1. The summed E-state index contributed by atoms with van der Waals surface area (Å²) in [6, 6.07) is 14.5. The molecule has 1 aliphatic rings. The molecule has 2 unspecified atom stereocenters. The lowest BCUT2D eigenvalue weighted by atomic mass is 9.96. The number of amides is 2. The topological polar surface area (TPSA) is 69.6 Å². The van der Waals surface area contributed by atoms with E-state index in [1.54, 1.807) is 18.2 Å². The quantitative estimate of drug-likeness (QED) is 0.675. The molecule has 1 heterocycles. The Morgan fingerprint density at radius 3 is 2.45 bits per heavy atom. The van der Waals surface area contributed by atoms with E-state index in [-0.39, 0.29) is 17.6 Å². The summed E-state index contributed by atoms with van der Waals surface area (Å²) in [6.07, 6.45) is 0.994. The first-order chi connectivity index (χ1) is 13.8. The first kappa shape index (κ1) is 21.3. The van der Waals surface area contributed by atoms with E-state index in [0.717, 1.165) is 23.7 Å². The summed E-state index contributed by atoms with van der Waals surface area (Å²) in [4.78, 5) is 26.8. The maximum Gasteiger partial charge on any atom is 0.266 e. The molecule has 5 nitrogen and oxygen atoms in total. The monoisotopic (exact) mass is 428 g/mol. The highest BCUT2D eigenvalue weighted by molar-refractivity contribution is 8.25. The van der Waals surface area contributed by atoms with Crippen LogP contribution in [0.3, 0.4) is 0 Å². The smallest absolute Gasteiger partial charge is 0.266 e. The van der Waals surface area contributed by atoms with E-state index in [9.17, 15) is 14.7 Å². The van der Waals surface area contributed by atoms with Crippen LogP contribution in [-0.2, 0) is 16.0 Å². The summed E-state index contributed by atoms with van der Waals surface area (Å²) < 4.78 is 0.299. The van der Waals surface area contributed by atoms with Gasteiger partial charge in [-0.25, -0.2) is 0 Å². The van der Waals surface area contributed by atoms with E-state index in [0.29, 0.717) is 15.9 Å². The van der Waals surface area contributed by atoms with Crippen molar-refractivity contribution in [2.75, 3.05) is 4.90 Å². The largest absolute Gasteiger partial charge is 0.506 e. The van der Waals surface area contributed by atoms with Crippen molar-refractivity contribution < 1.29 is 14.7 Å². The van der Waals surface area contributed by atoms with E-state index >= 15 is 0 Å². The fraction of sp³-hybridized carbons (Fsp3) is 0.318. The first-order valence-corrected chi connectivity index (χ1v) is 10.8. The predicted octanol–water partition coefficient (Wildman–Crippen LogP) is 4.20. The van der Waals surface area contributed by atoms with Crippen LogP contribution in [0.15, 0.2) is 48.5 Å². The van der Waals surface area contributed by atoms with Crippen molar-refractivity contribution in [3.05, 3.63) is 59.7 Å². The second kappa shape index (κ2) is 8.97. The standard InChI is InChI=1S/C22H24N2O3S2/c1-13(2)12-15-8-10-16(11-9-15)14(3)19(26)23-20-21(27)24(22(28)29-20)17-6-4-5-7-18(17)25/h4-11,13-14,20,25H,12H2,1-3H3,(H,23,26). The van der Waals surface area contributed by atoms with Crippen molar-refractivity contribution >= 4 is 45.8 Å². The molecule has 2 aromatic rings. The number of nitrogens with zero attached hydrogens (tertiary/aromatic N) is 1. The van der Waals surface area contributed by atoms with Gasteiger partial charge in [-0.3, -0.25) is 14.5 Å². The average Bonchev–Trinajstić information content (AvgIpc) is 2.95. The summed E-state index contributed by atoms with van der Waals surface area (Å²) in [5.41, 5.74) is 2.45. The van der Waals surface area contributed by atoms with Gasteiger partial charge in [-0.05, 0) is 42.5 Å². The molecule has 2 atom stereocenters. The molecule has 0 aliphatic carbocycles. The lowest BCUT2D eigenvalue weighted by Crippen LogP contribution is -2.42. The molecule has 0 bridgehead atoms. The number of aromatic hydroxyl groups is 1. The Balaban J connectivity index is 1.68. The van der Waals surface area contributed by atoms with E-state index in [2.05, 4.69) is 19.2 Å². The molecular formula is C22H24N2O3S2. The molecule has 1 saturated heterocycles. The molecule has 3 rings (SSSR count). The third kappa shape index (κ3) is 4.79. The van der Waals surface area contributed by atoms with Crippen LogP contribution in [0.2, 0.25) is 0 Å². The van der Waals surface area contributed by atoms with Gasteiger partial charge in [0, 0.05) is 0 Å². The van der Waals surface area contributed by atoms with Gasteiger partial charge in [-0.1, -0.05) is 74.2 Å². The third-order valence-electron chi connectivity index (χ3n) is 4.76. The minimum absolute atomic E-state index is 0.0365. The Kier molecular flexibility index (Phi) is 6.59. The van der Waals surface area contributed by atoms with Crippen molar-refractivity contribution in [3.8, 4) is 5.75 Å². The summed E-state index contributed by atoms with van der Waals surface area (Å²) in [7, 11) is 0. The third-order valence-corrected chi connectivity index (χ3v) is 6.17. The van der Waals surface area contributed by atoms with Crippen molar-refractivity contribution in [1.82, 2.24) is 5.32 Å². The first-order valence-electron chi connectivity index (χ1n) is 9.49. The normalized spacial score (nSPS) is 17.7. The van der Waals surface area contributed by atoms with Crippen molar-refractivity contribution in [3.63, 3.8) is 0 Å². The highest BCUT2D eigenvalue weighted by Gasteiger charge is 2.40. The van der Waals surface area contributed by atoms with E-state index in [4.69, 9.17) is 12.2 Å².